The first kappa shape index (κ1) is 13.9. The fourth-order valence-electron chi connectivity index (χ4n) is 7.55. The predicted molar refractivity (Wildman–Crippen MR) is 101 cm³/mol. The molecule has 0 saturated heterocycles. The van der Waals surface area contributed by atoms with Crippen LogP contribution >= 0.6 is 0 Å². The molecule has 2 saturated carbocycles. The highest BCUT2D eigenvalue weighted by atomic mass is 16.7. The molecule has 2 aromatic carbocycles. The lowest BCUT2D eigenvalue weighted by Crippen LogP contribution is -2.46. The number of rotatable bonds is 0. The van der Waals surface area contributed by atoms with Crippen LogP contribution in [0.3, 0.4) is 0 Å². The van der Waals surface area contributed by atoms with Crippen LogP contribution in [0.15, 0.2) is 30.5 Å². The molecule has 2 fully saturated rings. The molecule has 7 rings (SSSR count). The molecule has 4 unspecified atom stereocenters. The second kappa shape index (κ2) is 3.71. The fraction of sp³-hybridized carbons (Fsp3) is 0.435. The van der Waals surface area contributed by atoms with Gasteiger partial charge in [-0.2, -0.15) is 0 Å². The summed E-state index contributed by atoms with van der Waals surface area (Å²) in [6, 6.07) is 8.71. The van der Waals surface area contributed by atoms with Gasteiger partial charge in [-0.1, -0.05) is 32.9 Å². The Hall–Kier alpha value is -2.29. The third-order valence-corrected chi connectivity index (χ3v) is 8.48. The molecule has 0 amide bonds. The number of benzene rings is 2. The Morgan fingerprint density at radius 1 is 1.04 bits per heavy atom. The minimum absolute atomic E-state index is 0.307. The summed E-state index contributed by atoms with van der Waals surface area (Å²) >= 11 is 0. The van der Waals surface area contributed by atoms with Crippen LogP contribution in [0.25, 0.3) is 21.7 Å². The average molecular weight is 343 g/mol. The minimum atomic E-state index is 0.307. The van der Waals surface area contributed by atoms with Crippen molar-refractivity contribution < 1.29 is 9.47 Å². The average Bonchev–Trinajstić information content (AvgIpc) is 2.91. The minimum Gasteiger partial charge on any atom is -0.454 e. The van der Waals surface area contributed by atoms with Crippen LogP contribution in [0.2, 0.25) is 0 Å². The first-order chi connectivity index (χ1) is 12.5. The van der Waals surface area contributed by atoms with Gasteiger partial charge in [0.1, 0.15) is 0 Å². The van der Waals surface area contributed by atoms with E-state index in [1.165, 1.54) is 34.6 Å². The summed E-state index contributed by atoms with van der Waals surface area (Å²) in [6.45, 7) is 7.74. The third kappa shape index (κ3) is 1.16. The highest BCUT2D eigenvalue weighted by molar-refractivity contribution is 6.08. The molecule has 3 nitrogen and oxygen atoms in total. The van der Waals surface area contributed by atoms with E-state index in [1.807, 2.05) is 0 Å². The van der Waals surface area contributed by atoms with Gasteiger partial charge in [-0.25, -0.2) is 0 Å². The Morgan fingerprint density at radius 2 is 1.85 bits per heavy atom. The van der Waals surface area contributed by atoms with Gasteiger partial charge >= 0.3 is 0 Å². The number of ether oxygens (including phenoxy) is 2. The summed E-state index contributed by atoms with van der Waals surface area (Å²) in [7, 11) is 0. The Balaban J connectivity index is 1.58. The van der Waals surface area contributed by atoms with Crippen LogP contribution in [-0.4, -0.2) is 11.8 Å². The normalized spacial score (nSPS) is 38.0. The molecular weight excluding hydrogens is 322 g/mol. The van der Waals surface area contributed by atoms with Gasteiger partial charge in [-0.15, -0.1) is 0 Å². The number of aromatic nitrogens is 1. The number of hydrogen-bond acceptors (Lipinski definition) is 3. The maximum absolute atomic E-state index is 5.62. The van der Waals surface area contributed by atoms with Crippen molar-refractivity contribution in [1.82, 2.24) is 4.98 Å². The van der Waals surface area contributed by atoms with E-state index in [9.17, 15) is 0 Å². The molecule has 4 atom stereocenters. The van der Waals surface area contributed by atoms with E-state index >= 15 is 0 Å². The van der Waals surface area contributed by atoms with Gasteiger partial charge in [-0.05, 0) is 58.2 Å². The van der Waals surface area contributed by atoms with Crippen LogP contribution in [0.5, 0.6) is 11.5 Å². The second-order valence-corrected chi connectivity index (χ2v) is 9.42. The van der Waals surface area contributed by atoms with E-state index in [0.717, 1.165) is 17.0 Å². The van der Waals surface area contributed by atoms with Crippen molar-refractivity contribution in [1.29, 1.82) is 0 Å². The smallest absolute Gasteiger partial charge is 0.231 e. The van der Waals surface area contributed by atoms with Gasteiger partial charge in [0, 0.05) is 22.4 Å². The van der Waals surface area contributed by atoms with Crippen molar-refractivity contribution in [3.8, 4) is 11.5 Å². The van der Waals surface area contributed by atoms with Crippen molar-refractivity contribution in [2.45, 2.75) is 44.9 Å². The number of nitrogens with zero attached hydrogens (tertiary/aromatic N) is 1. The maximum Gasteiger partial charge on any atom is 0.231 e. The van der Waals surface area contributed by atoms with Gasteiger partial charge in [0.05, 0.1) is 5.52 Å². The van der Waals surface area contributed by atoms with Gasteiger partial charge in [-0.3, -0.25) is 4.98 Å². The highest BCUT2D eigenvalue weighted by Crippen LogP contribution is 2.92. The van der Waals surface area contributed by atoms with Crippen molar-refractivity contribution in [2.24, 2.45) is 10.8 Å². The van der Waals surface area contributed by atoms with Crippen LogP contribution in [0.1, 0.15) is 50.7 Å². The molecule has 0 radical (unpaired) electrons. The molecule has 2 heterocycles. The lowest BCUT2D eigenvalue weighted by atomic mass is 9.53. The molecule has 26 heavy (non-hydrogen) atoms. The monoisotopic (exact) mass is 343 g/mol. The van der Waals surface area contributed by atoms with E-state index in [4.69, 9.17) is 14.5 Å². The summed E-state index contributed by atoms with van der Waals surface area (Å²) in [6.07, 6.45) is 4.86. The quantitative estimate of drug-likeness (QED) is 0.520. The Morgan fingerprint density at radius 3 is 2.62 bits per heavy atom. The number of pyridine rings is 1. The van der Waals surface area contributed by atoms with E-state index in [-0.39, 0.29) is 0 Å². The molecule has 4 aliphatic rings. The molecular formula is C23H21NO2. The van der Waals surface area contributed by atoms with Crippen LogP contribution in [0.4, 0.5) is 0 Å². The molecule has 1 spiro atoms. The fourth-order valence-corrected chi connectivity index (χ4v) is 7.55. The molecule has 0 bridgehead atoms. The molecule has 3 heteroatoms. The maximum atomic E-state index is 5.62. The first-order valence-electron chi connectivity index (χ1n) is 9.64. The molecule has 130 valence electrons. The predicted octanol–water partition coefficient (Wildman–Crippen LogP) is 5.29. The zero-order chi connectivity index (χ0) is 17.5. The zero-order valence-electron chi connectivity index (χ0n) is 15.3. The van der Waals surface area contributed by atoms with Gasteiger partial charge < -0.3 is 9.47 Å². The van der Waals surface area contributed by atoms with Crippen LogP contribution in [-0.2, 0) is 5.41 Å². The largest absolute Gasteiger partial charge is 0.454 e. The van der Waals surface area contributed by atoms with E-state index < -0.39 is 0 Å². The zero-order valence-corrected chi connectivity index (χ0v) is 15.3. The van der Waals surface area contributed by atoms with E-state index in [1.54, 1.807) is 5.56 Å². The molecule has 0 N–H and O–H groups in total. The van der Waals surface area contributed by atoms with Gasteiger partial charge in [0.15, 0.2) is 11.5 Å². The van der Waals surface area contributed by atoms with E-state index in [0.29, 0.717) is 29.0 Å². The Bertz CT molecular complexity index is 1180. The van der Waals surface area contributed by atoms with Crippen molar-refractivity contribution in [2.75, 3.05) is 6.79 Å². The Labute approximate surface area is 152 Å². The van der Waals surface area contributed by atoms with Crippen molar-refractivity contribution in [3.63, 3.8) is 0 Å². The lowest BCUT2D eigenvalue weighted by molar-refractivity contribution is 0.0582. The van der Waals surface area contributed by atoms with Crippen molar-refractivity contribution >= 4 is 21.7 Å². The highest BCUT2D eigenvalue weighted by Gasteiger charge is 2.86. The second-order valence-electron chi connectivity index (χ2n) is 9.42. The van der Waals surface area contributed by atoms with Gasteiger partial charge in [0.2, 0.25) is 6.79 Å². The van der Waals surface area contributed by atoms with Crippen LogP contribution in [0, 0.1) is 10.8 Å². The third-order valence-electron chi connectivity index (χ3n) is 8.48. The molecule has 3 aliphatic carbocycles. The summed E-state index contributed by atoms with van der Waals surface area (Å²) in [5.74, 6) is 2.29. The van der Waals surface area contributed by atoms with Gasteiger partial charge in [0.25, 0.3) is 0 Å². The summed E-state index contributed by atoms with van der Waals surface area (Å²) in [5, 5.41) is 3.68. The molecule has 1 aliphatic heterocycles. The Kier molecular flexibility index (Phi) is 1.98. The summed E-state index contributed by atoms with van der Waals surface area (Å²) in [5.41, 5.74) is 5.50. The number of hydrogen-bond donors (Lipinski definition) is 0. The lowest BCUT2D eigenvalue weighted by Gasteiger charge is -2.50. The summed E-state index contributed by atoms with van der Waals surface area (Å²) < 4.78 is 11.2. The summed E-state index contributed by atoms with van der Waals surface area (Å²) in [4.78, 5) is 4.96. The SMILES string of the molecule is CC1c2cnc3c(ccc4cc5c(cc43)OCO5)c2C2(C)CC3(C)CC132. The number of fused-ring (bicyclic) bond motifs is 7. The standard InChI is InChI=1S/C23H21NO2/c1-12-16-8-24-20-14(19(16)22(3)9-21(2)10-23(12,21)22)5-4-13-6-17-18(7-15(13)20)26-11-25-17/h4-8,12H,9-11H2,1-3H3. The first-order valence-corrected chi connectivity index (χ1v) is 9.64. The molecule has 1 aromatic heterocycles. The molecule has 3 aromatic rings. The van der Waals surface area contributed by atoms with Crippen molar-refractivity contribution in [3.05, 3.63) is 41.6 Å². The van der Waals surface area contributed by atoms with Crippen LogP contribution < -0.4 is 9.47 Å². The van der Waals surface area contributed by atoms with E-state index in [2.05, 4.69) is 51.2 Å². The topological polar surface area (TPSA) is 31.4 Å².